The van der Waals surface area contributed by atoms with E-state index in [1.165, 1.54) is 98.6 Å². The summed E-state index contributed by atoms with van der Waals surface area (Å²) in [6, 6.07) is 0. The van der Waals surface area contributed by atoms with Gasteiger partial charge in [0.1, 0.15) is 0 Å². The molecule has 0 aromatic carbocycles. The molecule has 0 aromatic heterocycles. The summed E-state index contributed by atoms with van der Waals surface area (Å²) in [6.45, 7) is 0. The molecule has 60 heavy (non-hydrogen) atoms. The predicted molar refractivity (Wildman–Crippen MR) is 340 cm³/mol. The molecular formula is C36H38S24. The summed E-state index contributed by atoms with van der Waals surface area (Å²) in [6.07, 6.45) is 32.0. The van der Waals surface area contributed by atoms with Gasteiger partial charge in [-0.3, -0.25) is 0 Å². The Hall–Kier alpha value is 5.28. The van der Waals surface area contributed by atoms with E-state index < -0.39 is 0 Å². The van der Waals surface area contributed by atoms with Crippen molar-refractivity contribution in [2.45, 2.75) is 0 Å². The second-order valence-electron chi connectivity index (χ2n) is 10.8. The maximum atomic E-state index is 2.58. The second kappa shape index (κ2) is 27.2. The van der Waals surface area contributed by atoms with Crippen LogP contribution in [0.2, 0.25) is 0 Å². The topological polar surface area (TPSA) is 0 Å². The van der Waals surface area contributed by atoms with Gasteiger partial charge in [0, 0.05) is 22.3 Å². The van der Waals surface area contributed by atoms with Crippen LogP contribution in [0.15, 0.2) is 111 Å². The van der Waals surface area contributed by atoms with Crippen LogP contribution in [0, 0.1) is 0 Å². The molecule has 0 spiro atoms. The SMILES string of the molecule is CSC1=C(SC)SC(=CC(=C2SC(SC)=C(SC)S2)C(=C2SC(SC)=C(SC)S2)C(=C2SC(SC)=C(SC)S2)C(C=C2SC(SC)=C(SC)S2)=C2SC(SC)=C(SC)S2)S1. The molecule has 0 saturated carbocycles. The molecule has 6 heterocycles. The van der Waals surface area contributed by atoms with Crippen molar-refractivity contribution in [2.75, 3.05) is 75.1 Å². The molecule has 0 N–H and O–H groups in total. The third-order valence-electron chi connectivity index (χ3n) is 7.64. The van der Waals surface area contributed by atoms with E-state index in [9.17, 15) is 0 Å². The van der Waals surface area contributed by atoms with E-state index in [1.807, 2.05) is 282 Å². The van der Waals surface area contributed by atoms with Crippen LogP contribution >= 0.6 is 282 Å². The van der Waals surface area contributed by atoms with E-state index in [0.29, 0.717) is 0 Å². The Kier molecular flexibility index (Phi) is 24.8. The van der Waals surface area contributed by atoms with Crippen molar-refractivity contribution in [3.8, 4) is 0 Å². The molecule has 0 aromatic rings. The third kappa shape index (κ3) is 13.0. The number of rotatable bonds is 17. The molecule has 0 nitrogen and oxygen atoms in total. The van der Waals surface area contributed by atoms with Crippen LogP contribution in [-0.2, 0) is 0 Å². The molecule has 6 aliphatic rings. The summed E-state index contributed by atoms with van der Waals surface area (Å²) >= 11 is 46.3. The molecule has 0 aliphatic carbocycles. The van der Waals surface area contributed by atoms with Gasteiger partial charge in [0.15, 0.2) is 0 Å². The van der Waals surface area contributed by atoms with Crippen molar-refractivity contribution >= 4 is 282 Å². The van der Waals surface area contributed by atoms with Gasteiger partial charge in [0.25, 0.3) is 0 Å². The van der Waals surface area contributed by atoms with E-state index in [0.717, 1.165) is 0 Å². The van der Waals surface area contributed by atoms with E-state index in [1.54, 1.807) is 0 Å². The quantitative estimate of drug-likeness (QED) is 0.136. The first-order chi connectivity index (χ1) is 29.1. The number of allylic oxidation sites excluding steroid dienone is 6. The van der Waals surface area contributed by atoms with Gasteiger partial charge in [-0.2, -0.15) is 0 Å². The Morgan fingerprint density at radius 1 is 0.250 bits per heavy atom. The molecule has 0 fully saturated rings. The third-order valence-corrected chi connectivity index (χ3v) is 38.8. The molecule has 0 radical (unpaired) electrons. The van der Waals surface area contributed by atoms with Gasteiger partial charge in [-0.1, -0.05) is 141 Å². The summed E-state index contributed by atoms with van der Waals surface area (Å²) in [4.78, 5) is 0. The summed E-state index contributed by atoms with van der Waals surface area (Å²) < 4.78 is 25.0. The Balaban J connectivity index is 1.73. The molecule has 6 rings (SSSR count). The smallest absolute Gasteiger partial charge is 0.0657 e. The maximum absolute atomic E-state index is 2.58. The predicted octanol–water partition coefficient (Wildman–Crippen LogP) is 21.5. The minimum atomic E-state index is 1.34. The zero-order valence-electron chi connectivity index (χ0n) is 34.0. The second-order valence-corrected chi connectivity index (χ2v) is 37.6. The Morgan fingerprint density at radius 3 is 0.600 bits per heavy atom. The lowest BCUT2D eigenvalue weighted by Gasteiger charge is -2.23. The lowest BCUT2D eigenvalue weighted by Crippen LogP contribution is -2.03. The first-order valence-corrected chi connectivity index (χ1v) is 41.1. The monoisotopic (exact) mass is 1240 g/mol. The highest BCUT2D eigenvalue weighted by Crippen LogP contribution is 2.68. The fourth-order valence-electron chi connectivity index (χ4n) is 5.10. The zero-order chi connectivity index (χ0) is 43.1. The van der Waals surface area contributed by atoms with Crippen molar-refractivity contribution < 1.29 is 0 Å². The molecule has 0 atom stereocenters. The summed E-state index contributed by atoms with van der Waals surface area (Å²) in [5.41, 5.74) is 5.42. The summed E-state index contributed by atoms with van der Waals surface area (Å²) in [5.74, 6) is 0. The molecule has 0 saturated heterocycles. The standard InChI is InChI=1S/C36H38S24/c1-37-25-26(38-2)50-17(49-25)13-15(21-53-29(41-5)30(42-6)54-21)19(23-57-33(45-9)34(46-10)58-23)20(24-59-35(47-11)36(48-12)60-24)16(22-55-31(43-7)32(44-8)56-22)14-18-51-27(39-3)28(40-4)52-18/h13-14H,1-12H3. The lowest BCUT2D eigenvalue weighted by molar-refractivity contribution is 1.43. The van der Waals surface area contributed by atoms with Crippen LogP contribution in [0.1, 0.15) is 0 Å². The fourth-order valence-corrected chi connectivity index (χ4v) is 35.2. The molecule has 0 unspecified atom stereocenters. The van der Waals surface area contributed by atoms with Crippen molar-refractivity contribution in [3.05, 3.63) is 111 Å². The largest absolute Gasteiger partial charge is 0.121 e. The summed E-state index contributed by atoms with van der Waals surface area (Å²) in [7, 11) is 0. The van der Waals surface area contributed by atoms with Crippen molar-refractivity contribution in [2.24, 2.45) is 0 Å². The van der Waals surface area contributed by atoms with Gasteiger partial charge in [-0.15, -0.1) is 141 Å². The normalized spacial score (nSPS) is 20.1. The van der Waals surface area contributed by atoms with E-state index in [2.05, 4.69) is 87.2 Å². The van der Waals surface area contributed by atoms with Gasteiger partial charge >= 0.3 is 0 Å². The van der Waals surface area contributed by atoms with Crippen LogP contribution in [0.25, 0.3) is 0 Å². The highest BCUT2D eigenvalue weighted by molar-refractivity contribution is 8.44. The van der Waals surface area contributed by atoms with Crippen LogP contribution in [0.4, 0.5) is 0 Å². The molecule has 326 valence electrons. The number of thioether (sulfide) groups is 24. The molecule has 0 amide bonds. The Bertz CT molecular complexity index is 1880. The molecule has 6 aliphatic heterocycles. The minimum absolute atomic E-state index is 1.34. The van der Waals surface area contributed by atoms with Crippen LogP contribution in [-0.4, -0.2) is 75.1 Å². The number of hydrogen-bond acceptors (Lipinski definition) is 24. The zero-order valence-corrected chi connectivity index (χ0v) is 53.5. The number of hydrogen-bond donors (Lipinski definition) is 0. The maximum Gasteiger partial charge on any atom is 0.0657 e. The highest BCUT2D eigenvalue weighted by atomic mass is 32.3. The van der Waals surface area contributed by atoms with E-state index in [4.69, 9.17) is 0 Å². The van der Waals surface area contributed by atoms with Gasteiger partial charge in [0.2, 0.25) is 0 Å². The van der Waals surface area contributed by atoms with Crippen molar-refractivity contribution in [1.29, 1.82) is 0 Å². The lowest BCUT2D eigenvalue weighted by atomic mass is 9.96. The molecular weight excluding hydrogens is 1200 g/mol. The first-order valence-electron chi connectivity index (χ1n) is 16.7. The Morgan fingerprint density at radius 2 is 0.417 bits per heavy atom. The average molecular weight is 1240 g/mol. The van der Waals surface area contributed by atoms with Crippen LogP contribution < -0.4 is 0 Å². The van der Waals surface area contributed by atoms with E-state index in [-0.39, 0.29) is 0 Å². The Labute approximate surface area is 460 Å². The van der Waals surface area contributed by atoms with Crippen LogP contribution in [0.3, 0.4) is 0 Å². The fraction of sp³-hybridized carbons (Fsp3) is 0.333. The average Bonchev–Trinajstić information content (AvgIpc) is 4.14. The minimum Gasteiger partial charge on any atom is -0.121 e. The summed E-state index contributed by atoms with van der Waals surface area (Å²) in [5, 5.41) is 0. The highest BCUT2D eigenvalue weighted by Gasteiger charge is 2.38. The van der Waals surface area contributed by atoms with Gasteiger partial charge in [-0.05, 0) is 87.2 Å². The van der Waals surface area contributed by atoms with Crippen molar-refractivity contribution in [1.82, 2.24) is 0 Å². The molecule has 24 heteroatoms. The van der Waals surface area contributed by atoms with Gasteiger partial charge in [0.05, 0.1) is 76.3 Å². The van der Waals surface area contributed by atoms with E-state index >= 15 is 0 Å². The van der Waals surface area contributed by atoms with Gasteiger partial charge < -0.3 is 0 Å². The van der Waals surface area contributed by atoms with Gasteiger partial charge in [-0.25, -0.2) is 0 Å². The van der Waals surface area contributed by atoms with Crippen LogP contribution in [0.5, 0.6) is 0 Å². The molecule has 0 bridgehead atoms. The first kappa shape index (κ1) is 54.6. The van der Waals surface area contributed by atoms with Crippen molar-refractivity contribution in [3.63, 3.8) is 0 Å².